The van der Waals surface area contributed by atoms with Crippen molar-refractivity contribution in [2.24, 2.45) is 0 Å². The van der Waals surface area contributed by atoms with Crippen molar-refractivity contribution in [1.29, 1.82) is 0 Å². The second-order valence-corrected chi connectivity index (χ2v) is 9.20. The van der Waals surface area contributed by atoms with Gasteiger partial charge in [0, 0.05) is 24.9 Å². The second-order valence-electron chi connectivity index (χ2n) is 8.26. The van der Waals surface area contributed by atoms with Crippen molar-refractivity contribution < 1.29 is 19.0 Å². The molecule has 0 saturated carbocycles. The number of benzene rings is 2. The number of aryl methyl sites for hydroxylation is 1. The summed E-state index contributed by atoms with van der Waals surface area (Å²) in [4.78, 5) is 13.2. The van der Waals surface area contributed by atoms with E-state index in [0.717, 1.165) is 17.0 Å². The standard InChI is InChI=1S/C25H27NO4S/c1-16-7-9-17(10-8-16)15-26-18-11-12-20-19(14-18)22(28-4)23(25(2,3)30-20)29-24(27)21-6-5-13-31-21/h5-14,22-23,26H,15H2,1-4H3. The quantitative estimate of drug-likeness (QED) is 0.498. The third kappa shape index (κ3) is 4.60. The Morgan fingerprint density at radius 1 is 1.16 bits per heavy atom. The van der Waals surface area contributed by atoms with Crippen LogP contribution < -0.4 is 10.1 Å². The summed E-state index contributed by atoms with van der Waals surface area (Å²) in [5, 5.41) is 5.31. The zero-order chi connectivity index (χ0) is 22.0. The third-order valence-corrected chi connectivity index (χ3v) is 6.33. The number of carbonyl (C=O) groups is 1. The van der Waals surface area contributed by atoms with Crippen LogP contribution in [0.2, 0.25) is 0 Å². The molecule has 31 heavy (non-hydrogen) atoms. The molecule has 4 rings (SSSR count). The Labute approximate surface area is 187 Å². The van der Waals surface area contributed by atoms with Gasteiger partial charge in [0.2, 0.25) is 0 Å². The van der Waals surface area contributed by atoms with Gasteiger partial charge in [-0.05, 0) is 56.0 Å². The predicted molar refractivity (Wildman–Crippen MR) is 123 cm³/mol. The molecule has 0 bridgehead atoms. The highest BCUT2D eigenvalue weighted by molar-refractivity contribution is 7.11. The lowest BCUT2D eigenvalue weighted by atomic mass is 9.88. The molecule has 2 atom stereocenters. The molecule has 2 unspecified atom stereocenters. The highest BCUT2D eigenvalue weighted by Crippen LogP contribution is 2.44. The largest absolute Gasteiger partial charge is 0.483 e. The first-order valence-electron chi connectivity index (χ1n) is 10.3. The van der Waals surface area contributed by atoms with Gasteiger partial charge in [0.1, 0.15) is 22.3 Å². The van der Waals surface area contributed by atoms with Gasteiger partial charge in [-0.15, -0.1) is 11.3 Å². The van der Waals surface area contributed by atoms with E-state index in [2.05, 4.69) is 36.5 Å². The summed E-state index contributed by atoms with van der Waals surface area (Å²) < 4.78 is 18.0. The van der Waals surface area contributed by atoms with E-state index in [1.807, 2.05) is 43.5 Å². The molecule has 0 radical (unpaired) electrons. The first-order chi connectivity index (χ1) is 14.9. The minimum Gasteiger partial charge on any atom is -0.483 e. The van der Waals surface area contributed by atoms with Crippen LogP contribution in [0.25, 0.3) is 0 Å². The first kappa shape index (κ1) is 21.4. The van der Waals surface area contributed by atoms with Crippen LogP contribution in [0.5, 0.6) is 5.75 Å². The Bertz CT molecular complexity index is 1040. The monoisotopic (exact) mass is 437 g/mol. The molecule has 1 aromatic heterocycles. The molecular weight excluding hydrogens is 410 g/mol. The fourth-order valence-corrected chi connectivity index (χ4v) is 4.38. The van der Waals surface area contributed by atoms with Crippen LogP contribution in [0.4, 0.5) is 5.69 Å². The highest BCUT2D eigenvalue weighted by Gasteiger charge is 2.47. The average molecular weight is 438 g/mol. The van der Waals surface area contributed by atoms with Crippen LogP contribution in [0.1, 0.15) is 46.3 Å². The smallest absolute Gasteiger partial charge is 0.348 e. The van der Waals surface area contributed by atoms with Gasteiger partial charge in [0.05, 0.1) is 0 Å². The van der Waals surface area contributed by atoms with E-state index in [9.17, 15) is 4.79 Å². The topological polar surface area (TPSA) is 56.8 Å². The van der Waals surface area contributed by atoms with Crippen LogP contribution in [0.3, 0.4) is 0 Å². The number of fused-ring (bicyclic) bond motifs is 1. The molecule has 5 nitrogen and oxygen atoms in total. The van der Waals surface area contributed by atoms with E-state index in [4.69, 9.17) is 14.2 Å². The lowest BCUT2D eigenvalue weighted by Gasteiger charge is -2.43. The van der Waals surface area contributed by atoms with Gasteiger partial charge in [0.25, 0.3) is 0 Å². The summed E-state index contributed by atoms with van der Waals surface area (Å²) in [5.74, 6) is 0.372. The van der Waals surface area contributed by atoms with Crippen molar-refractivity contribution >= 4 is 23.0 Å². The van der Waals surface area contributed by atoms with Crippen molar-refractivity contribution in [2.75, 3.05) is 12.4 Å². The molecule has 1 N–H and O–H groups in total. The van der Waals surface area contributed by atoms with Crippen molar-refractivity contribution in [2.45, 2.75) is 45.1 Å². The van der Waals surface area contributed by atoms with Gasteiger partial charge in [-0.3, -0.25) is 0 Å². The molecule has 1 aliphatic rings. The molecule has 0 spiro atoms. The fraction of sp³-hybridized carbons (Fsp3) is 0.320. The van der Waals surface area contributed by atoms with Crippen molar-refractivity contribution in [3.63, 3.8) is 0 Å². The van der Waals surface area contributed by atoms with Crippen molar-refractivity contribution in [3.05, 3.63) is 81.5 Å². The molecule has 0 saturated heterocycles. The van der Waals surface area contributed by atoms with E-state index in [1.165, 1.54) is 22.5 Å². The minimum absolute atomic E-state index is 0.365. The van der Waals surface area contributed by atoms with Crippen LogP contribution in [0.15, 0.2) is 60.0 Å². The third-order valence-electron chi connectivity index (χ3n) is 5.48. The summed E-state index contributed by atoms with van der Waals surface area (Å²) in [6.07, 6.45) is -1.03. The van der Waals surface area contributed by atoms with E-state index in [-0.39, 0.29) is 5.97 Å². The molecule has 6 heteroatoms. The molecular formula is C25H27NO4S. The number of anilines is 1. The Balaban J connectivity index is 1.56. The number of methoxy groups -OCH3 is 1. The lowest BCUT2D eigenvalue weighted by molar-refractivity contribution is -0.129. The lowest BCUT2D eigenvalue weighted by Crippen LogP contribution is -2.51. The SMILES string of the molecule is COC1c2cc(NCc3ccc(C)cc3)ccc2OC(C)(C)C1OC(=O)c1cccs1. The van der Waals surface area contributed by atoms with Gasteiger partial charge in [0.15, 0.2) is 6.10 Å². The maximum atomic E-state index is 12.7. The maximum absolute atomic E-state index is 12.7. The van der Waals surface area contributed by atoms with E-state index >= 15 is 0 Å². The summed E-state index contributed by atoms with van der Waals surface area (Å²) in [5.41, 5.74) is 3.51. The number of nitrogens with one attached hydrogen (secondary N) is 1. The summed E-state index contributed by atoms with van der Waals surface area (Å²) in [6, 6.07) is 18.0. The zero-order valence-electron chi connectivity index (χ0n) is 18.2. The van der Waals surface area contributed by atoms with Gasteiger partial charge in [-0.1, -0.05) is 35.9 Å². The first-order valence-corrected chi connectivity index (χ1v) is 11.1. The number of thiophene rings is 1. The predicted octanol–water partition coefficient (Wildman–Crippen LogP) is 5.75. The number of rotatable bonds is 6. The van der Waals surface area contributed by atoms with Gasteiger partial charge in [-0.2, -0.15) is 0 Å². The number of esters is 1. The fourth-order valence-electron chi connectivity index (χ4n) is 3.78. The molecule has 162 valence electrons. The number of carbonyl (C=O) groups excluding carboxylic acids is 1. The summed E-state index contributed by atoms with van der Waals surface area (Å²) in [6.45, 7) is 6.62. The van der Waals surface area contributed by atoms with Crippen LogP contribution in [-0.2, 0) is 16.0 Å². The van der Waals surface area contributed by atoms with Crippen LogP contribution in [0, 0.1) is 6.92 Å². The van der Waals surface area contributed by atoms with Crippen LogP contribution >= 0.6 is 11.3 Å². The highest BCUT2D eigenvalue weighted by atomic mass is 32.1. The Kier molecular flexibility index (Phi) is 6.03. The number of hydrogen-bond donors (Lipinski definition) is 1. The Hall–Kier alpha value is -2.83. The molecule has 1 aliphatic heterocycles. The normalized spacial score (nSPS) is 19.2. The summed E-state index contributed by atoms with van der Waals surface area (Å²) >= 11 is 1.36. The molecule has 2 aromatic carbocycles. The van der Waals surface area contributed by atoms with Crippen molar-refractivity contribution in [1.82, 2.24) is 0 Å². The van der Waals surface area contributed by atoms with E-state index in [0.29, 0.717) is 11.4 Å². The van der Waals surface area contributed by atoms with Crippen LogP contribution in [-0.4, -0.2) is 24.8 Å². The molecule has 0 aliphatic carbocycles. The summed E-state index contributed by atoms with van der Waals surface area (Å²) in [7, 11) is 1.63. The molecule has 3 aromatic rings. The van der Waals surface area contributed by atoms with Gasteiger partial charge >= 0.3 is 5.97 Å². The van der Waals surface area contributed by atoms with Gasteiger partial charge < -0.3 is 19.5 Å². The van der Waals surface area contributed by atoms with Crippen molar-refractivity contribution in [3.8, 4) is 5.75 Å². The number of hydrogen-bond acceptors (Lipinski definition) is 6. The molecule has 2 heterocycles. The maximum Gasteiger partial charge on any atom is 0.348 e. The molecule has 0 amide bonds. The average Bonchev–Trinajstić information content (AvgIpc) is 3.29. The molecule has 0 fully saturated rings. The minimum atomic E-state index is -0.739. The Morgan fingerprint density at radius 2 is 1.94 bits per heavy atom. The number of ether oxygens (including phenoxy) is 3. The van der Waals surface area contributed by atoms with E-state index in [1.54, 1.807) is 13.2 Å². The second kappa shape index (κ2) is 8.73. The Morgan fingerprint density at radius 3 is 2.61 bits per heavy atom. The zero-order valence-corrected chi connectivity index (χ0v) is 19.0. The van der Waals surface area contributed by atoms with E-state index < -0.39 is 17.8 Å². The van der Waals surface area contributed by atoms with Gasteiger partial charge in [-0.25, -0.2) is 4.79 Å².